The molecule has 0 aliphatic rings. The van der Waals surface area contributed by atoms with Gasteiger partial charge in [-0.15, -0.1) is 0 Å². The van der Waals surface area contributed by atoms with Gasteiger partial charge in [-0.3, -0.25) is 9.98 Å². The fourth-order valence-corrected chi connectivity index (χ4v) is 3.58. The zero-order valence-corrected chi connectivity index (χ0v) is 19.0. The Bertz CT molecular complexity index is 1060. The minimum absolute atomic E-state index is 0.0191. The zero-order valence-electron chi connectivity index (χ0n) is 19.0. The fourth-order valence-electron chi connectivity index (χ4n) is 3.58. The monoisotopic (exact) mass is 470 g/mol. The van der Waals surface area contributed by atoms with Crippen molar-refractivity contribution in [2.24, 2.45) is 10.7 Å². The molecule has 1 unspecified atom stereocenters. The van der Waals surface area contributed by atoms with Crippen molar-refractivity contribution >= 4 is 12.1 Å². The average Bonchev–Trinajstić information content (AvgIpc) is 3.33. The molecule has 3 N–H and O–H groups in total. The van der Waals surface area contributed by atoms with Crippen LogP contribution >= 0.6 is 0 Å². The molecule has 0 aliphatic carbocycles. The maximum Gasteiger partial charge on any atom is 0.416 e. The van der Waals surface area contributed by atoms with Crippen molar-refractivity contribution in [2.75, 3.05) is 19.7 Å². The first kappa shape index (κ1) is 24.8. The Balaban J connectivity index is 1.72. The molecule has 0 spiro atoms. The molecular weight excluding hydrogens is 442 g/mol. The second-order valence-electron chi connectivity index (χ2n) is 7.55. The first-order chi connectivity index (χ1) is 16.5. The van der Waals surface area contributed by atoms with Crippen LogP contribution in [0, 0.1) is 11.6 Å². The Labute approximate surface area is 196 Å². The van der Waals surface area contributed by atoms with Gasteiger partial charge in [0.1, 0.15) is 11.6 Å². The lowest BCUT2D eigenvalue weighted by Crippen LogP contribution is -2.43. The van der Waals surface area contributed by atoms with Gasteiger partial charge in [0.15, 0.2) is 0 Å². The SMILES string of the molecule is CCOC(=O)N(CCCc1c[nH]cn1)C(N)=NCCC(c1cc(F)cc(F)c1)c1ccccn1. The minimum Gasteiger partial charge on any atom is -0.449 e. The summed E-state index contributed by atoms with van der Waals surface area (Å²) in [7, 11) is 0. The highest BCUT2D eigenvalue weighted by molar-refractivity contribution is 5.93. The molecule has 0 saturated carbocycles. The summed E-state index contributed by atoms with van der Waals surface area (Å²) in [4.78, 5) is 29.5. The molecule has 2 heterocycles. The third-order valence-corrected chi connectivity index (χ3v) is 5.16. The lowest BCUT2D eigenvalue weighted by molar-refractivity contribution is 0.127. The van der Waals surface area contributed by atoms with Gasteiger partial charge in [0.05, 0.1) is 18.6 Å². The van der Waals surface area contributed by atoms with Gasteiger partial charge in [-0.25, -0.2) is 23.5 Å². The van der Waals surface area contributed by atoms with E-state index in [0.717, 1.165) is 11.8 Å². The van der Waals surface area contributed by atoms with Crippen LogP contribution in [0.5, 0.6) is 0 Å². The Morgan fingerprint density at radius 3 is 2.68 bits per heavy atom. The van der Waals surface area contributed by atoms with Crippen molar-refractivity contribution in [1.82, 2.24) is 19.9 Å². The quantitative estimate of drug-likeness (QED) is 0.344. The Kier molecular flexibility index (Phi) is 9.07. The number of hydrogen-bond acceptors (Lipinski definition) is 5. The first-order valence-electron chi connectivity index (χ1n) is 11.1. The molecular formula is C24H28F2N6O2. The molecule has 0 bridgehead atoms. The first-order valence-corrected chi connectivity index (χ1v) is 11.1. The fraction of sp³-hybridized carbons (Fsp3) is 0.333. The number of nitrogens with two attached hydrogens (primary N) is 1. The van der Waals surface area contributed by atoms with Gasteiger partial charge in [0.2, 0.25) is 5.96 Å². The van der Waals surface area contributed by atoms with Gasteiger partial charge in [0, 0.05) is 43.2 Å². The number of benzene rings is 1. The number of H-pyrrole nitrogens is 1. The molecule has 180 valence electrons. The van der Waals surface area contributed by atoms with Crippen molar-refractivity contribution < 1.29 is 18.3 Å². The zero-order chi connectivity index (χ0) is 24.3. The Hall–Kier alpha value is -3.82. The number of carbonyl (C=O) groups is 1. The number of aryl methyl sites for hydroxylation is 1. The largest absolute Gasteiger partial charge is 0.449 e. The van der Waals surface area contributed by atoms with E-state index < -0.39 is 23.6 Å². The lowest BCUT2D eigenvalue weighted by atomic mass is 9.92. The topological polar surface area (TPSA) is 109 Å². The second-order valence-corrected chi connectivity index (χ2v) is 7.55. The van der Waals surface area contributed by atoms with Crippen molar-refractivity contribution in [3.05, 3.63) is 83.7 Å². The number of halogens is 2. The predicted octanol–water partition coefficient (Wildman–Crippen LogP) is 4.01. The predicted molar refractivity (Wildman–Crippen MR) is 124 cm³/mol. The molecule has 10 heteroatoms. The van der Waals surface area contributed by atoms with Crippen LogP contribution in [0.2, 0.25) is 0 Å². The number of guanidine groups is 1. The summed E-state index contributed by atoms with van der Waals surface area (Å²) in [5.74, 6) is -1.71. The number of pyridine rings is 1. The van der Waals surface area contributed by atoms with E-state index in [1.165, 1.54) is 17.0 Å². The third-order valence-electron chi connectivity index (χ3n) is 5.16. The van der Waals surface area contributed by atoms with Gasteiger partial charge in [0.25, 0.3) is 0 Å². The van der Waals surface area contributed by atoms with Crippen molar-refractivity contribution in [3.8, 4) is 0 Å². The number of aromatic nitrogens is 3. The van der Waals surface area contributed by atoms with E-state index in [2.05, 4.69) is 19.9 Å². The molecule has 34 heavy (non-hydrogen) atoms. The molecule has 3 rings (SSSR count). The van der Waals surface area contributed by atoms with E-state index >= 15 is 0 Å². The molecule has 1 atom stereocenters. The summed E-state index contributed by atoms with van der Waals surface area (Å²) < 4.78 is 32.9. The number of amides is 1. The van der Waals surface area contributed by atoms with Crippen LogP contribution in [0.3, 0.4) is 0 Å². The van der Waals surface area contributed by atoms with Gasteiger partial charge >= 0.3 is 6.09 Å². The highest BCUT2D eigenvalue weighted by atomic mass is 19.1. The molecule has 3 aromatic rings. The van der Waals surface area contributed by atoms with Crippen molar-refractivity contribution in [1.29, 1.82) is 0 Å². The van der Waals surface area contributed by atoms with Crippen LogP contribution in [-0.4, -0.2) is 51.6 Å². The van der Waals surface area contributed by atoms with Crippen LogP contribution in [0.1, 0.15) is 42.6 Å². The Morgan fingerprint density at radius 1 is 1.24 bits per heavy atom. The summed E-state index contributed by atoms with van der Waals surface area (Å²) in [5.41, 5.74) is 8.12. The van der Waals surface area contributed by atoms with E-state index in [4.69, 9.17) is 10.5 Å². The minimum atomic E-state index is -0.663. The maximum absolute atomic E-state index is 13.9. The Morgan fingerprint density at radius 2 is 2.03 bits per heavy atom. The number of ether oxygens (including phenoxy) is 1. The highest BCUT2D eigenvalue weighted by Gasteiger charge is 2.20. The number of aromatic amines is 1. The molecule has 8 nitrogen and oxygen atoms in total. The van der Waals surface area contributed by atoms with Crippen LogP contribution in [-0.2, 0) is 11.2 Å². The van der Waals surface area contributed by atoms with Gasteiger partial charge < -0.3 is 15.5 Å². The smallest absolute Gasteiger partial charge is 0.416 e. The molecule has 2 aromatic heterocycles. The van der Waals surface area contributed by atoms with E-state index in [9.17, 15) is 13.6 Å². The van der Waals surface area contributed by atoms with E-state index in [0.29, 0.717) is 37.1 Å². The normalized spacial score (nSPS) is 12.4. The van der Waals surface area contributed by atoms with Crippen LogP contribution in [0.15, 0.2) is 60.1 Å². The average molecular weight is 471 g/mol. The maximum atomic E-state index is 13.9. The number of rotatable bonds is 10. The molecule has 0 radical (unpaired) electrons. The van der Waals surface area contributed by atoms with Gasteiger partial charge in [-0.1, -0.05) is 6.07 Å². The molecule has 1 amide bonds. The molecule has 0 saturated heterocycles. The lowest BCUT2D eigenvalue weighted by Gasteiger charge is -2.21. The van der Waals surface area contributed by atoms with Gasteiger partial charge in [-0.05, 0) is 56.0 Å². The molecule has 0 fully saturated rings. The summed E-state index contributed by atoms with van der Waals surface area (Å²) in [6, 6.07) is 8.77. The van der Waals surface area contributed by atoms with Crippen molar-refractivity contribution in [3.63, 3.8) is 0 Å². The van der Waals surface area contributed by atoms with Crippen LogP contribution < -0.4 is 5.73 Å². The summed E-state index contributed by atoms with van der Waals surface area (Å²) in [5, 5.41) is 0. The van der Waals surface area contributed by atoms with Crippen LogP contribution in [0.4, 0.5) is 13.6 Å². The number of carbonyl (C=O) groups excluding carboxylic acids is 1. The van der Waals surface area contributed by atoms with Gasteiger partial charge in [-0.2, -0.15) is 0 Å². The van der Waals surface area contributed by atoms with Crippen molar-refractivity contribution in [2.45, 2.75) is 32.1 Å². The molecule has 0 aliphatic heterocycles. The van der Waals surface area contributed by atoms with Crippen LogP contribution in [0.25, 0.3) is 0 Å². The number of nitrogens with zero attached hydrogens (tertiary/aromatic N) is 4. The number of imidazole rings is 1. The molecule has 1 aromatic carbocycles. The van der Waals surface area contributed by atoms with E-state index in [1.54, 1.807) is 37.8 Å². The number of hydrogen-bond donors (Lipinski definition) is 2. The summed E-state index contributed by atoms with van der Waals surface area (Å²) in [6.45, 7) is 2.43. The summed E-state index contributed by atoms with van der Waals surface area (Å²) in [6.07, 6.45) is 6.07. The number of nitrogens with one attached hydrogen (secondary N) is 1. The standard InChI is InChI=1S/C24H28F2N6O2/c1-2-34-24(33)32(11-5-6-20-15-28-16-31-20)23(27)30-10-8-21(22-7-3-4-9-29-22)17-12-18(25)14-19(26)13-17/h3-4,7,9,12-16,21H,2,5-6,8,10-11H2,1H3,(H2,27,30)(H,28,31). The van der Waals surface area contributed by atoms with E-state index in [-0.39, 0.29) is 19.1 Å². The summed E-state index contributed by atoms with van der Waals surface area (Å²) >= 11 is 0. The third kappa shape index (κ3) is 7.09. The number of aliphatic imine (C=N–C) groups is 1. The highest BCUT2D eigenvalue weighted by Crippen LogP contribution is 2.28. The van der Waals surface area contributed by atoms with E-state index in [1.807, 2.05) is 6.07 Å². The second kappa shape index (κ2) is 12.4.